The molecule has 2 aliphatic rings. The number of amides is 2. The molecule has 1 aromatic carbocycles. The maximum atomic E-state index is 12.9. The Bertz CT molecular complexity index is 639. The van der Waals surface area contributed by atoms with Gasteiger partial charge in [-0.15, -0.1) is 12.4 Å². The highest BCUT2D eigenvalue weighted by Crippen LogP contribution is 2.31. The van der Waals surface area contributed by atoms with E-state index in [4.69, 9.17) is 4.74 Å². The molecule has 0 bridgehead atoms. The fourth-order valence-corrected chi connectivity index (χ4v) is 3.57. The number of fused-ring (bicyclic) bond motifs is 1. The number of benzene rings is 1. The Morgan fingerprint density at radius 2 is 2.08 bits per heavy atom. The molecule has 0 aliphatic carbocycles. The van der Waals surface area contributed by atoms with E-state index in [-0.39, 0.29) is 30.3 Å². The maximum Gasteiger partial charge on any atom is 0.229 e. The Kier molecular flexibility index (Phi) is 6.43. The van der Waals surface area contributed by atoms with Crippen LogP contribution in [0.1, 0.15) is 36.9 Å². The van der Waals surface area contributed by atoms with Gasteiger partial charge in [0.2, 0.25) is 11.8 Å². The highest BCUT2D eigenvalue weighted by Gasteiger charge is 2.40. The van der Waals surface area contributed by atoms with Gasteiger partial charge in [0.05, 0.1) is 24.5 Å². The summed E-state index contributed by atoms with van der Waals surface area (Å²) in [5, 5.41) is 9.27. The molecular weight excluding hydrogens is 342 g/mol. The van der Waals surface area contributed by atoms with E-state index < -0.39 is 5.41 Å². The molecule has 2 amide bonds. The minimum Gasteiger partial charge on any atom is -0.384 e. The summed E-state index contributed by atoms with van der Waals surface area (Å²) in [5.74, 6) is 0.0700. The lowest BCUT2D eigenvalue weighted by Gasteiger charge is -2.36. The molecule has 138 valence electrons. The van der Waals surface area contributed by atoms with E-state index in [0.29, 0.717) is 13.0 Å². The van der Waals surface area contributed by atoms with Crippen LogP contribution >= 0.6 is 12.4 Å². The van der Waals surface area contributed by atoms with Gasteiger partial charge >= 0.3 is 0 Å². The predicted molar refractivity (Wildman–Crippen MR) is 99.0 cm³/mol. The number of piperidine rings is 1. The molecule has 25 heavy (non-hydrogen) atoms. The van der Waals surface area contributed by atoms with E-state index in [1.54, 1.807) is 7.11 Å². The summed E-state index contributed by atoms with van der Waals surface area (Å²) in [7, 11) is 1.64. The number of halogens is 1. The van der Waals surface area contributed by atoms with E-state index in [1.165, 1.54) is 0 Å². The number of hydrogen-bond donors (Lipinski definition) is 3. The predicted octanol–water partition coefficient (Wildman–Crippen LogP) is 1.80. The minimum absolute atomic E-state index is 0. The second-order valence-electron chi connectivity index (χ2n) is 6.80. The van der Waals surface area contributed by atoms with Crippen molar-refractivity contribution in [3.8, 4) is 0 Å². The monoisotopic (exact) mass is 367 g/mol. The molecule has 1 fully saturated rings. The van der Waals surface area contributed by atoms with Crippen LogP contribution < -0.4 is 16.0 Å². The highest BCUT2D eigenvalue weighted by atomic mass is 35.5. The largest absolute Gasteiger partial charge is 0.384 e. The third-order valence-electron chi connectivity index (χ3n) is 5.06. The summed E-state index contributed by atoms with van der Waals surface area (Å²) >= 11 is 0. The van der Waals surface area contributed by atoms with Crippen molar-refractivity contribution in [1.82, 2.24) is 10.6 Å². The average Bonchev–Trinajstić information content (AvgIpc) is 2.95. The molecule has 0 radical (unpaired) electrons. The topological polar surface area (TPSA) is 79.5 Å². The molecule has 6 nitrogen and oxygen atoms in total. The molecule has 1 unspecified atom stereocenters. The Balaban J connectivity index is 0.00000225. The minimum atomic E-state index is -0.456. The molecule has 3 N–H and O–H groups in total. The molecule has 2 aliphatic heterocycles. The molecule has 1 atom stereocenters. The van der Waals surface area contributed by atoms with Crippen molar-refractivity contribution in [2.75, 3.05) is 32.1 Å². The molecule has 2 heterocycles. The van der Waals surface area contributed by atoms with Crippen molar-refractivity contribution >= 4 is 29.9 Å². The summed E-state index contributed by atoms with van der Waals surface area (Å²) in [5.41, 5.74) is 2.42. The average molecular weight is 368 g/mol. The van der Waals surface area contributed by atoms with Crippen LogP contribution in [-0.4, -0.2) is 38.6 Å². The number of nitrogens with one attached hydrogen (secondary N) is 3. The third kappa shape index (κ3) is 4.14. The molecule has 0 saturated carbocycles. The number of hydrogen-bond acceptors (Lipinski definition) is 4. The second kappa shape index (κ2) is 8.17. The number of ether oxygens (including phenoxy) is 1. The van der Waals surface area contributed by atoms with Crippen LogP contribution in [0.15, 0.2) is 18.2 Å². The Hall–Kier alpha value is -1.63. The second-order valence-corrected chi connectivity index (χ2v) is 6.80. The van der Waals surface area contributed by atoms with Crippen LogP contribution in [0.2, 0.25) is 0 Å². The van der Waals surface area contributed by atoms with Crippen molar-refractivity contribution in [2.24, 2.45) is 5.41 Å². The Morgan fingerprint density at radius 1 is 1.36 bits per heavy atom. The first kappa shape index (κ1) is 19.7. The maximum absolute atomic E-state index is 12.9. The number of carbonyl (C=O) groups is 2. The van der Waals surface area contributed by atoms with Crippen molar-refractivity contribution < 1.29 is 14.3 Å². The highest BCUT2D eigenvalue weighted by molar-refractivity contribution is 5.99. The molecular formula is C18H26ClN3O3. The van der Waals surface area contributed by atoms with Gasteiger partial charge in [-0.3, -0.25) is 9.59 Å². The lowest BCUT2D eigenvalue weighted by molar-refractivity contribution is -0.136. The van der Waals surface area contributed by atoms with Gasteiger partial charge in [0, 0.05) is 12.8 Å². The van der Waals surface area contributed by atoms with Crippen LogP contribution in [0.25, 0.3) is 0 Å². The Labute approximate surface area is 154 Å². The van der Waals surface area contributed by atoms with Gasteiger partial charge in [-0.05, 0) is 50.0 Å². The van der Waals surface area contributed by atoms with Crippen molar-refractivity contribution in [3.63, 3.8) is 0 Å². The van der Waals surface area contributed by atoms with Gasteiger partial charge in [-0.2, -0.15) is 0 Å². The van der Waals surface area contributed by atoms with E-state index in [0.717, 1.165) is 42.7 Å². The van der Waals surface area contributed by atoms with Crippen molar-refractivity contribution in [1.29, 1.82) is 0 Å². The van der Waals surface area contributed by atoms with Crippen molar-refractivity contribution in [3.05, 3.63) is 29.3 Å². The summed E-state index contributed by atoms with van der Waals surface area (Å²) in [6.45, 7) is 4.08. The third-order valence-corrected chi connectivity index (χ3v) is 5.06. The van der Waals surface area contributed by atoms with Crippen molar-refractivity contribution in [2.45, 2.75) is 32.2 Å². The zero-order chi connectivity index (χ0) is 17.2. The number of anilines is 1. The van der Waals surface area contributed by atoms with Crippen LogP contribution in [0.4, 0.5) is 5.69 Å². The Morgan fingerprint density at radius 3 is 2.76 bits per heavy atom. The van der Waals surface area contributed by atoms with Crippen LogP contribution in [-0.2, 0) is 20.7 Å². The van der Waals surface area contributed by atoms with E-state index in [2.05, 4.69) is 16.0 Å². The summed E-state index contributed by atoms with van der Waals surface area (Å²) in [4.78, 5) is 24.4. The summed E-state index contributed by atoms with van der Waals surface area (Å²) < 4.78 is 5.33. The summed E-state index contributed by atoms with van der Waals surface area (Å²) in [6.07, 6.45) is 1.97. The smallest absolute Gasteiger partial charge is 0.229 e. The lowest BCUT2D eigenvalue weighted by Crippen LogP contribution is -2.50. The van der Waals surface area contributed by atoms with Gasteiger partial charge in [0.25, 0.3) is 0 Å². The molecule has 0 spiro atoms. The molecule has 1 aromatic rings. The van der Waals surface area contributed by atoms with Gasteiger partial charge in [-0.1, -0.05) is 12.1 Å². The molecule has 7 heteroatoms. The van der Waals surface area contributed by atoms with E-state index >= 15 is 0 Å². The van der Waals surface area contributed by atoms with Crippen LogP contribution in [0.3, 0.4) is 0 Å². The lowest BCUT2D eigenvalue weighted by atomic mass is 9.78. The normalized spacial score (nSPS) is 19.4. The zero-order valence-electron chi connectivity index (χ0n) is 14.7. The van der Waals surface area contributed by atoms with Gasteiger partial charge in [0.1, 0.15) is 0 Å². The summed E-state index contributed by atoms with van der Waals surface area (Å²) in [6, 6.07) is 5.76. The quantitative estimate of drug-likeness (QED) is 0.741. The number of rotatable bonds is 5. The number of methoxy groups -OCH3 is 1. The molecule has 3 rings (SSSR count). The first-order valence-corrected chi connectivity index (χ1v) is 8.47. The van der Waals surface area contributed by atoms with Crippen LogP contribution in [0, 0.1) is 5.41 Å². The van der Waals surface area contributed by atoms with E-state index in [9.17, 15) is 9.59 Å². The fraction of sp³-hybridized carbons (Fsp3) is 0.556. The van der Waals surface area contributed by atoms with Gasteiger partial charge < -0.3 is 20.7 Å². The van der Waals surface area contributed by atoms with Crippen LogP contribution in [0.5, 0.6) is 0 Å². The molecule has 0 aromatic heterocycles. The van der Waals surface area contributed by atoms with Gasteiger partial charge in [0.15, 0.2) is 0 Å². The zero-order valence-corrected chi connectivity index (χ0v) is 15.5. The first-order valence-electron chi connectivity index (χ1n) is 8.47. The standard InChI is InChI=1S/C18H25N3O3.ClH/c1-12(13-3-4-15-14(9-13)10-16(22)21-15)20-17(23)18(11-24-2)5-7-19-8-6-18;/h3-4,9,12,19H,5-8,10-11H2,1-2H3,(H,20,23)(H,21,22);1H. The SMILES string of the molecule is COCC1(C(=O)NC(C)c2ccc3c(c2)CC(=O)N3)CCNCC1.Cl. The fourth-order valence-electron chi connectivity index (χ4n) is 3.57. The first-order chi connectivity index (χ1) is 11.5. The number of carbonyl (C=O) groups excluding carboxylic acids is 2. The molecule has 1 saturated heterocycles. The van der Waals surface area contributed by atoms with E-state index in [1.807, 2.05) is 25.1 Å². The van der Waals surface area contributed by atoms with Gasteiger partial charge in [-0.25, -0.2) is 0 Å².